The molecule has 0 aliphatic heterocycles. The minimum absolute atomic E-state index is 0.231. The summed E-state index contributed by atoms with van der Waals surface area (Å²) in [5.74, 6) is -2.16. The first-order chi connectivity index (χ1) is 9.20. The van der Waals surface area contributed by atoms with E-state index < -0.39 is 43.9 Å². The molecule has 0 atom stereocenters. The molecule has 3 N–H and O–H groups in total. The van der Waals surface area contributed by atoms with Crippen molar-refractivity contribution in [2.75, 3.05) is 33.0 Å². The molecule has 0 radical (unpaired) electrons. The summed E-state index contributed by atoms with van der Waals surface area (Å²) in [5, 5.41) is 12.0. The highest BCUT2D eigenvalue weighted by Gasteiger charge is 2.27. The zero-order valence-electron chi connectivity index (χ0n) is 10.2. The number of imide groups is 1. The molecule has 0 aromatic heterocycles. The molecule has 116 valence electrons. The van der Waals surface area contributed by atoms with Crippen molar-refractivity contribution in [1.29, 1.82) is 0 Å². The van der Waals surface area contributed by atoms with Crippen molar-refractivity contribution in [2.45, 2.75) is 6.18 Å². The average molecular weight is 302 g/mol. The Morgan fingerprint density at radius 2 is 1.75 bits per heavy atom. The van der Waals surface area contributed by atoms with Gasteiger partial charge < -0.3 is 19.9 Å². The fraction of sp³-hybridized carbons (Fsp3) is 0.667. The van der Waals surface area contributed by atoms with E-state index >= 15 is 0 Å². The van der Waals surface area contributed by atoms with Gasteiger partial charge >= 0.3 is 18.2 Å². The van der Waals surface area contributed by atoms with E-state index in [1.165, 1.54) is 0 Å². The summed E-state index contributed by atoms with van der Waals surface area (Å²) < 4.78 is 43.6. The number of hydrogen-bond acceptors (Lipinski definition) is 5. The molecule has 0 aliphatic carbocycles. The van der Waals surface area contributed by atoms with E-state index in [9.17, 15) is 27.6 Å². The standard InChI is InChI=1S/C9H13F3N2O6/c10-9(11,12)5-19-2-1-13-8(18)14-6(15)3-20-4-7(16)17/h1-5H2,(H,16,17)(H2,13,14,15,18). The summed E-state index contributed by atoms with van der Waals surface area (Å²) in [4.78, 5) is 32.0. The highest BCUT2D eigenvalue weighted by Crippen LogP contribution is 2.13. The highest BCUT2D eigenvalue weighted by molar-refractivity contribution is 5.94. The van der Waals surface area contributed by atoms with E-state index in [4.69, 9.17) is 5.11 Å². The predicted molar refractivity (Wildman–Crippen MR) is 56.9 cm³/mol. The Kier molecular flexibility index (Phi) is 8.24. The SMILES string of the molecule is O=C(O)COCC(=O)NC(=O)NCCOCC(F)(F)F. The van der Waals surface area contributed by atoms with Crippen molar-refractivity contribution >= 4 is 17.9 Å². The van der Waals surface area contributed by atoms with Crippen LogP contribution in [-0.4, -0.2) is 62.2 Å². The highest BCUT2D eigenvalue weighted by atomic mass is 19.4. The molecule has 0 rings (SSSR count). The van der Waals surface area contributed by atoms with Gasteiger partial charge in [0, 0.05) is 6.54 Å². The number of hydrogen-bond donors (Lipinski definition) is 3. The number of urea groups is 1. The van der Waals surface area contributed by atoms with E-state index in [1.807, 2.05) is 0 Å². The molecule has 3 amide bonds. The van der Waals surface area contributed by atoms with Crippen molar-refractivity contribution in [3.8, 4) is 0 Å². The molecule has 0 aromatic rings. The van der Waals surface area contributed by atoms with Crippen LogP contribution >= 0.6 is 0 Å². The van der Waals surface area contributed by atoms with E-state index in [2.05, 4.69) is 14.8 Å². The second kappa shape index (κ2) is 9.09. The van der Waals surface area contributed by atoms with Crippen LogP contribution in [0.1, 0.15) is 0 Å². The van der Waals surface area contributed by atoms with Crippen molar-refractivity contribution in [3.05, 3.63) is 0 Å². The Balaban J connectivity index is 3.58. The van der Waals surface area contributed by atoms with Crippen LogP contribution in [0.5, 0.6) is 0 Å². The van der Waals surface area contributed by atoms with Crippen molar-refractivity contribution in [2.24, 2.45) is 0 Å². The number of carbonyl (C=O) groups is 3. The maximum Gasteiger partial charge on any atom is 0.411 e. The Labute approximate surface area is 111 Å². The Hall–Kier alpha value is -1.88. The van der Waals surface area contributed by atoms with Crippen LogP contribution in [0.2, 0.25) is 0 Å². The lowest BCUT2D eigenvalue weighted by Crippen LogP contribution is -2.42. The van der Waals surface area contributed by atoms with Crippen molar-refractivity contribution in [1.82, 2.24) is 10.6 Å². The number of carbonyl (C=O) groups excluding carboxylic acids is 2. The van der Waals surface area contributed by atoms with E-state index in [0.29, 0.717) is 0 Å². The molecule has 11 heteroatoms. The molecule has 0 heterocycles. The molecule has 0 spiro atoms. The van der Waals surface area contributed by atoms with Gasteiger partial charge in [0.2, 0.25) is 0 Å². The molecule has 8 nitrogen and oxygen atoms in total. The first-order valence-corrected chi connectivity index (χ1v) is 5.22. The van der Waals surface area contributed by atoms with Gasteiger partial charge in [-0.25, -0.2) is 9.59 Å². The summed E-state index contributed by atoms with van der Waals surface area (Å²) in [6.45, 7) is -3.37. The number of aliphatic carboxylic acids is 1. The lowest BCUT2D eigenvalue weighted by atomic mass is 10.6. The zero-order chi connectivity index (χ0) is 15.6. The van der Waals surface area contributed by atoms with Crippen LogP contribution in [0.3, 0.4) is 0 Å². The molecule has 0 aliphatic rings. The number of ether oxygens (including phenoxy) is 2. The average Bonchev–Trinajstić information content (AvgIpc) is 2.26. The second-order valence-corrected chi connectivity index (χ2v) is 3.36. The first-order valence-electron chi connectivity index (χ1n) is 5.22. The van der Waals surface area contributed by atoms with Crippen LogP contribution in [0.15, 0.2) is 0 Å². The van der Waals surface area contributed by atoms with Gasteiger partial charge in [-0.2, -0.15) is 13.2 Å². The predicted octanol–water partition coefficient (Wildman–Crippen LogP) is -0.508. The topological polar surface area (TPSA) is 114 Å². The van der Waals surface area contributed by atoms with Gasteiger partial charge in [-0.05, 0) is 0 Å². The summed E-state index contributed by atoms with van der Waals surface area (Å²) in [6, 6.07) is -0.954. The van der Waals surface area contributed by atoms with E-state index in [0.717, 1.165) is 0 Å². The number of halogens is 3. The lowest BCUT2D eigenvalue weighted by molar-refractivity contribution is -0.173. The van der Waals surface area contributed by atoms with Crippen molar-refractivity contribution in [3.63, 3.8) is 0 Å². The quantitative estimate of drug-likeness (QED) is 0.520. The normalized spacial score (nSPS) is 10.9. The molecule has 0 saturated carbocycles. The molecular formula is C9H13F3N2O6. The Morgan fingerprint density at radius 1 is 1.10 bits per heavy atom. The minimum Gasteiger partial charge on any atom is -0.480 e. The number of amides is 3. The van der Waals surface area contributed by atoms with Crippen LogP contribution in [0, 0.1) is 0 Å². The number of nitrogens with one attached hydrogen (secondary N) is 2. The molecule has 0 unspecified atom stereocenters. The van der Waals surface area contributed by atoms with Gasteiger partial charge in [0.15, 0.2) is 0 Å². The molecular weight excluding hydrogens is 289 g/mol. The van der Waals surface area contributed by atoms with Gasteiger partial charge in [-0.3, -0.25) is 10.1 Å². The van der Waals surface area contributed by atoms with Crippen molar-refractivity contribution < 1.29 is 42.1 Å². The minimum atomic E-state index is -4.44. The fourth-order valence-corrected chi connectivity index (χ4v) is 0.863. The van der Waals surface area contributed by atoms with Crippen LogP contribution in [0.25, 0.3) is 0 Å². The zero-order valence-corrected chi connectivity index (χ0v) is 10.2. The smallest absolute Gasteiger partial charge is 0.411 e. The maximum atomic E-state index is 11.7. The largest absolute Gasteiger partial charge is 0.480 e. The number of alkyl halides is 3. The second-order valence-electron chi connectivity index (χ2n) is 3.36. The van der Waals surface area contributed by atoms with Crippen LogP contribution < -0.4 is 10.6 Å². The van der Waals surface area contributed by atoms with Gasteiger partial charge in [-0.1, -0.05) is 0 Å². The van der Waals surface area contributed by atoms with Crippen LogP contribution in [0.4, 0.5) is 18.0 Å². The molecule has 0 bridgehead atoms. The third-order valence-corrected chi connectivity index (χ3v) is 1.51. The third kappa shape index (κ3) is 12.6. The number of carboxylic acids is 1. The lowest BCUT2D eigenvalue weighted by Gasteiger charge is -2.09. The maximum absolute atomic E-state index is 11.7. The molecule has 0 aromatic carbocycles. The summed E-state index contributed by atoms with van der Waals surface area (Å²) in [5.41, 5.74) is 0. The number of carboxylic acid groups (broad SMARTS) is 1. The first kappa shape index (κ1) is 18.1. The summed E-state index contributed by atoms with van der Waals surface area (Å²) in [6.07, 6.45) is -4.44. The van der Waals surface area contributed by atoms with Gasteiger partial charge in [0.05, 0.1) is 6.61 Å². The van der Waals surface area contributed by atoms with Crippen LogP contribution in [-0.2, 0) is 19.1 Å². The Bertz CT molecular complexity index is 347. The van der Waals surface area contributed by atoms with E-state index in [-0.39, 0.29) is 13.2 Å². The van der Waals surface area contributed by atoms with Gasteiger partial charge in [0.1, 0.15) is 19.8 Å². The number of rotatable bonds is 8. The Morgan fingerprint density at radius 3 is 2.30 bits per heavy atom. The van der Waals surface area contributed by atoms with E-state index in [1.54, 1.807) is 5.32 Å². The molecule has 20 heavy (non-hydrogen) atoms. The third-order valence-electron chi connectivity index (χ3n) is 1.51. The summed E-state index contributed by atoms with van der Waals surface area (Å²) in [7, 11) is 0. The molecule has 0 saturated heterocycles. The fourth-order valence-electron chi connectivity index (χ4n) is 0.863. The van der Waals surface area contributed by atoms with Gasteiger partial charge in [0.25, 0.3) is 5.91 Å². The molecule has 0 fully saturated rings. The summed E-state index contributed by atoms with van der Waals surface area (Å²) >= 11 is 0. The monoisotopic (exact) mass is 302 g/mol. The van der Waals surface area contributed by atoms with Gasteiger partial charge in [-0.15, -0.1) is 0 Å².